The predicted molar refractivity (Wildman–Crippen MR) is 235 cm³/mol. The highest BCUT2D eigenvalue weighted by molar-refractivity contribution is 7.85. The van der Waals surface area contributed by atoms with Gasteiger partial charge in [-0.3, -0.25) is 9.55 Å². The Morgan fingerprint density at radius 1 is 0.800 bits per heavy atom. The largest absolute Gasteiger partial charge is 0.344 e. The SMILES string of the molecule is CC.Cc1ccc2ccccc2c1C(C)(C)C(/C=C/C=C/C=C/C=C1\N(CCCCCC=O)c2ccc3ccccc3c2C1(C)C)=NCCCCS(=O)(=O)O. The summed E-state index contributed by atoms with van der Waals surface area (Å²) < 4.78 is 31.7. The minimum atomic E-state index is -3.99. The van der Waals surface area contributed by atoms with Crippen LogP contribution >= 0.6 is 0 Å². The number of nitrogens with zero attached hydrogens (tertiary/aromatic N) is 2. The second kappa shape index (κ2) is 19.8. The average molecular weight is 761 g/mol. The number of hydrogen-bond donors (Lipinski definition) is 1. The summed E-state index contributed by atoms with van der Waals surface area (Å²) in [6.45, 7) is 16.5. The van der Waals surface area contributed by atoms with Crippen molar-refractivity contribution in [2.24, 2.45) is 4.99 Å². The number of hydrogen-bond acceptors (Lipinski definition) is 5. The topological polar surface area (TPSA) is 87.0 Å². The Morgan fingerprint density at radius 2 is 1.44 bits per heavy atom. The van der Waals surface area contributed by atoms with Crippen molar-refractivity contribution >= 4 is 49.3 Å². The molecule has 0 unspecified atom stereocenters. The van der Waals surface area contributed by atoms with Gasteiger partial charge < -0.3 is 9.69 Å². The first-order valence-electron chi connectivity index (χ1n) is 19.8. The number of aryl methyl sites for hydroxylation is 1. The molecule has 0 fully saturated rings. The zero-order chi connectivity index (χ0) is 40.1. The summed E-state index contributed by atoms with van der Waals surface area (Å²) in [6.07, 6.45) is 20.0. The van der Waals surface area contributed by atoms with Crippen molar-refractivity contribution in [3.05, 3.63) is 138 Å². The van der Waals surface area contributed by atoms with E-state index in [1.54, 1.807) is 0 Å². The number of anilines is 1. The van der Waals surface area contributed by atoms with E-state index >= 15 is 0 Å². The number of unbranched alkanes of at least 4 members (excludes halogenated alkanes) is 4. The Hall–Kier alpha value is -4.59. The summed E-state index contributed by atoms with van der Waals surface area (Å²) in [5, 5.41) is 4.90. The zero-order valence-corrected chi connectivity index (χ0v) is 34.7. The molecule has 55 heavy (non-hydrogen) atoms. The van der Waals surface area contributed by atoms with E-state index in [1.165, 1.54) is 49.6 Å². The van der Waals surface area contributed by atoms with Crippen LogP contribution in [0.1, 0.15) is 96.8 Å². The van der Waals surface area contributed by atoms with E-state index in [1.807, 2.05) is 32.1 Å². The van der Waals surface area contributed by atoms with Crippen molar-refractivity contribution < 1.29 is 17.8 Å². The summed E-state index contributed by atoms with van der Waals surface area (Å²) >= 11 is 0. The van der Waals surface area contributed by atoms with Gasteiger partial charge in [-0.2, -0.15) is 8.42 Å². The molecule has 1 aliphatic heterocycles. The molecule has 0 saturated carbocycles. The fourth-order valence-corrected chi connectivity index (χ4v) is 8.40. The summed E-state index contributed by atoms with van der Waals surface area (Å²) in [4.78, 5) is 18.3. The first-order chi connectivity index (χ1) is 26.4. The number of fused-ring (bicyclic) bond motifs is 4. The molecule has 6 nitrogen and oxygen atoms in total. The third-order valence-corrected chi connectivity index (χ3v) is 11.2. The van der Waals surface area contributed by atoms with Crippen molar-refractivity contribution in [3.8, 4) is 0 Å². The number of rotatable bonds is 17. The van der Waals surface area contributed by atoms with Gasteiger partial charge in [0.15, 0.2) is 0 Å². The number of carbonyl (C=O) groups is 1. The number of carbonyl (C=O) groups excluding carboxylic acids is 1. The van der Waals surface area contributed by atoms with Crippen LogP contribution in [0.5, 0.6) is 0 Å². The van der Waals surface area contributed by atoms with E-state index in [9.17, 15) is 17.8 Å². The monoisotopic (exact) mass is 760 g/mol. The van der Waals surface area contributed by atoms with Gasteiger partial charge in [0.2, 0.25) is 0 Å². The van der Waals surface area contributed by atoms with E-state index in [4.69, 9.17) is 4.99 Å². The summed E-state index contributed by atoms with van der Waals surface area (Å²) in [7, 11) is -3.99. The van der Waals surface area contributed by atoms with Crippen molar-refractivity contribution in [3.63, 3.8) is 0 Å². The number of aliphatic imine (C=N–C) groups is 1. The first kappa shape index (κ1) is 43.1. The molecule has 1 N–H and O–H groups in total. The van der Waals surface area contributed by atoms with Gasteiger partial charge in [0, 0.05) is 47.4 Å². The molecule has 0 bridgehead atoms. The highest BCUT2D eigenvalue weighted by Crippen LogP contribution is 2.50. The van der Waals surface area contributed by atoms with Crippen LogP contribution in [0.4, 0.5) is 5.69 Å². The maximum Gasteiger partial charge on any atom is 0.264 e. The van der Waals surface area contributed by atoms with Crippen molar-refractivity contribution in [1.29, 1.82) is 0 Å². The lowest BCUT2D eigenvalue weighted by molar-refractivity contribution is -0.107. The molecule has 0 aliphatic carbocycles. The Labute approximate surface area is 330 Å². The zero-order valence-electron chi connectivity index (χ0n) is 33.9. The van der Waals surface area contributed by atoms with E-state index < -0.39 is 15.5 Å². The lowest BCUT2D eigenvalue weighted by Gasteiger charge is -2.29. The normalized spacial score (nSPS) is 15.5. The summed E-state index contributed by atoms with van der Waals surface area (Å²) in [6, 6.07) is 25.8. The fraction of sp³-hybridized carbons (Fsp3) is 0.375. The maximum absolute atomic E-state index is 11.3. The van der Waals surface area contributed by atoms with Crippen LogP contribution in [0.2, 0.25) is 0 Å². The smallest absolute Gasteiger partial charge is 0.264 e. The number of aldehydes is 1. The van der Waals surface area contributed by atoms with Gasteiger partial charge in [-0.1, -0.05) is 145 Å². The van der Waals surface area contributed by atoms with Crippen LogP contribution in [0.25, 0.3) is 21.5 Å². The lowest BCUT2D eigenvalue weighted by Crippen LogP contribution is -2.29. The van der Waals surface area contributed by atoms with Crippen LogP contribution in [0, 0.1) is 6.92 Å². The Kier molecular flexibility index (Phi) is 15.6. The van der Waals surface area contributed by atoms with Crippen LogP contribution in [-0.2, 0) is 25.7 Å². The molecule has 4 aromatic rings. The molecule has 1 aliphatic rings. The van der Waals surface area contributed by atoms with Crippen LogP contribution in [-0.4, -0.2) is 43.8 Å². The molecule has 0 saturated heterocycles. The Bertz CT molecular complexity index is 2190. The van der Waals surface area contributed by atoms with Gasteiger partial charge >= 0.3 is 0 Å². The van der Waals surface area contributed by atoms with Crippen molar-refractivity contribution in [1.82, 2.24) is 0 Å². The van der Waals surface area contributed by atoms with E-state index in [0.717, 1.165) is 37.8 Å². The standard InChI is InChI=1S/C46H54N2O4S.C2H6/c1-35-27-28-36-21-13-15-23-38(36)43(35)45(2,3)41(47-31-17-20-34-53(50,51)52)25-11-7-6-8-12-26-42-46(4,5)44-39-24-16-14-22-37(39)29-30-40(44)48(42)32-18-9-10-19-33-49;1-2/h6-8,11-16,21-30,33H,9-10,17-20,31-32,34H2,1-5H3,(H,50,51,52);1-2H3/b7-6+,12-8+,25-11+,42-26-,47-41?;. The second-order valence-corrected chi connectivity index (χ2v) is 16.6. The van der Waals surface area contributed by atoms with Gasteiger partial charge in [0.25, 0.3) is 10.1 Å². The molecule has 0 atom stereocenters. The Balaban J connectivity index is 0.00000331. The van der Waals surface area contributed by atoms with Gasteiger partial charge in [-0.25, -0.2) is 0 Å². The quantitative estimate of drug-likeness (QED) is 0.0381. The van der Waals surface area contributed by atoms with Crippen LogP contribution < -0.4 is 4.90 Å². The minimum Gasteiger partial charge on any atom is -0.344 e. The van der Waals surface area contributed by atoms with Crippen molar-refractivity contribution in [2.75, 3.05) is 23.7 Å². The van der Waals surface area contributed by atoms with E-state index in [0.29, 0.717) is 25.8 Å². The number of allylic oxidation sites excluding steroid dienone is 8. The molecular formula is C48H60N2O4S. The predicted octanol–water partition coefficient (Wildman–Crippen LogP) is 11.8. The second-order valence-electron chi connectivity index (χ2n) is 15.0. The third-order valence-electron chi connectivity index (χ3n) is 10.4. The lowest BCUT2D eigenvalue weighted by atomic mass is 9.75. The first-order valence-corrected chi connectivity index (χ1v) is 21.4. The molecular weight excluding hydrogens is 701 g/mol. The Morgan fingerprint density at radius 3 is 2.15 bits per heavy atom. The summed E-state index contributed by atoms with van der Waals surface area (Å²) in [5.74, 6) is -0.260. The van der Waals surface area contributed by atoms with Gasteiger partial charge in [-0.05, 0) is 89.1 Å². The molecule has 5 rings (SSSR count). The van der Waals surface area contributed by atoms with E-state index in [2.05, 4.69) is 137 Å². The minimum absolute atomic E-state index is 0.189. The van der Waals surface area contributed by atoms with Gasteiger partial charge in [-0.15, -0.1) is 0 Å². The third kappa shape index (κ3) is 10.8. The van der Waals surface area contributed by atoms with E-state index in [-0.39, 0.29) is 11.2 Å². The molecule has 7 heteroatoms. The molecule has 0 amide bonds. The van der Waals surface area contributed by atoms with Crippen LogP contribution in [0.3, 0.4) is 0 Å². The molecule has 0 aromatic heterocycles. The highest BCUT2D eigenvalue weighted by Gasteiger charge is 2.40. The fourth-order valence-electron chi connectivity index (χ4n) is 7.83. The number of benzene rings is 4. The van der Waals surface area contributed by atoms with Gasteiger partial charge in [0.1, 0.15) is 6.29 Å². The molecule has 292 valence electrons. The highest BCUT2D eigenvalue weighted by atomic mass is 32.2. The molecule has 0 spiro atoms. The van der Waals surface area contributed by atoms with Crippen LogP contribution in [0.15, 0.2) is 126 Å². The van der Waals surface area contributed by atoms with Gasteiger partial charge in [0.05, 0.1) is 5.75 Å². The summed E-state index contributed by atoms with van der Waals surface area (Å²) in [5.41, 5.74) is 6.57. The van der Waals surface area contributed by atoms with Crippen molar-refractivity contribution in [2.45, 2.75) is 97.8 Å². The average Bonchev–Trinajstić information content (AvgIpc) is 3.38. The molecule has 1 heterocycles. The maximum atomic E-state index is 11.3. The molecule has 4 aromatic carbocycles. The molecule has 0 radical (unpaired) electrons.